The number of amides is 1. The van der Waals surface area contributed by atoms with Crippen molar-refractivity contribution in [1.82, 2.24) is 5.32 Å². The summed E-state index contributed by atoms with van der Waals surface area (Å²) in [7, 11) is 0. The molecule has 1 aliphatic heterocycles. The van der Waals surface area contributed by atoms with Crippen LogP contribution in [0, 0.1) is 0 Å². The fourth-order valence-corrected chi connectivity index (χ4v) is 3.07. The van der Waals surface area contributed by atoms with Gasteiger partial charge in [0.05, 0.1) is 12.4 Å². The number of piperidine rings is 1. The number of benzene rings is 1. The fourth-order valence-electron chi connectivity index (χ4n) is 2.05. The third-order valence-corrected chi connectivity index (χ3v) is 4.53. The van der Waals surface area contributed by atoms with Gasteiger partial charge in [0.2, 0.25) is 5.91 Å². The zero-order chi connectivity index (χ0) is 13.5. The van der Waals surface area contributed by atoms with Crippen molar-refractivity contribution in [3.63, 3.8) is 0 Å². The summed E-state index contributed by atoms with van der Waals surface area (Å²) in [4.78, 5) is 11.8. The van der Waals surface area contributed by atoms with Crippen molar-refractivity contribution in [3.05, 3.63) is 29.8 Å². The minimum atomic E-state index is 0.0276. The van der Waals surface area contributed by atoms with Crippen molar-refractivity contribution in [2.75, 3.05) is 24.2 Å². The van der Waals surface area contributed by atoms with Gasteiger partial charge in [-0.3, -0.25) is 4.79 Å². The van der Waals surface area contributed by atoms with E-state index in [1.165, 1.54) is 0 Å². The van der Waals surface area contributed by atoms with Gasteiger partial charge in [0.25, 0.3) is 0 Å². The van der Waals surface area contributed by atoms with Crippen LogP contribution in [-0.2, 0) is 11.4 Å². The van der Waals surface area contributed by atoms with Crippen LogP contribution in [0.1, 0.15) is 18.4 Å². The number of carbonyl (C=O) groups excluding carboxylic acids is 1. The van der Waals surface area contributed by atoms with E-state index in [-0.39, 0.29) is 12.5 Å². The Morgan fingerprint density at radius 2 is 2.00 bits per heavy atom. The molecular weight excluding hydrogens is 260 g/mol. The summed E-state index contributed by atoms with van der Waals surface area (Å²) in [6, 6.07) is 7.27. The average molecular weight is 280 g/mol. The van der Waals surface area contributed by atoms with E-state index in [4.69, 9.17) is 5.11 Å². The second-order valence-electron chi connectivity index (χ2n) is 4.66. The SMILES string of the molecule is O=C(CSC1CCNCC1)Nc1ccc(CO)cc1. The Morgan fingerprint density at radius 1 is 1.32 bits per heavy atom. The van der Waals surface area contributed by atoms with Crippen LogP contribution in [0.5, 0.6) is 0 Å². The number of aliphatic hydroxyl groups excluding tert-OH is 1. The number of nitrogens with one attached hydrogen (secondary N) is 2. The molecule has 0 radical (unpaired) electrons. The second-order valence-corrected chi connectivity index (χ2v) is 5.95. The maximum Gasteiger partial charge on any atom is 0.234 e. The first kappa shape index (κ1) is 14.4. The Hall–Kier alpha value is -1.04. The Kier molecular flexibility index (Phi) is 5.69. The Balaban J connectivity index is 1.73. The van der Waals surface area contributed by atoms with E-state index in [1.54, 1.807) is 11.8 Å². The number of carbonyl (C=O) groups is 1. The van der Waals surface area contributed by atoms with E-state index in [1.807, 2.05) is 24.3 Å². The Morgan fingerprint density at radius 3 is 2.63 bits per heavy atom. The van der Waals surface area contributed by atoms with Gasteiger partial charge >= 0.3 is 0 Å². The lowest BCUT2D eigenvalue weighted by molar-refractivity contribution is -0.113. The minimum absolute atomic E-state index is 0.0276. The van der Waals surface area contributed by atoms with E-state index in [9.17, 15) is 4.79 Å². The highest BCUT2D eigenvalue weighted by atomic mass is 32.2. The quantitative estimate of drug-likeness (QED) is 0.767. The molecule has 1 heterocycles. The summed E-state index contributed by atoms with van der Waals surface area (Å²) in [5.74, 6) is 0.548. The molecule has 1 fully saturated rings. The molecule has 104 valence electrons. The number of thioether (sulfide) groups is 1. The van der Waals surface area contributed by atoms with E-state index < -0.39 is 0 Å². The number of rotatable bonds is 5. The molecule has 1 amide bonds. The molecule has 0 aromatic heterocycles. The number of hydrogen-bond acceptors (Lipinski definition) is 4. The molecule has 1 aromatic carbocycles. The topological polar surface area (TPSA) is 61.4 Å². The lowest BCUT2D eigenvalue weighted by atomic mass is 10.2. The Bertz CT molecular complexity index is 402. The molecule has 2 rings (SSSR count). The van der Waals surface area contributed by atoms with Gasteiger partial charge in [0.15, 0.2) is 0 Å². The molecule has 0 atom stereocenters. The molecule has 0 saturated carbocycles. The van der Waals surface area contributed by atoms with Crippen LogP contribution in [0.2, 0.25) is 0 Å². The van der Waals surface area contributed by atoms with Gasteiger partial charge in [0, 0.05) is 10.9 Å². The molecule has 5 heteroatoms. The summed E-state index contributed by atoms with van der Waals surface area (Å²) in [6.07, 6.45) is 2.28. The lowest BCUT2D eigenvalue weighted by Gasteiger charge is -2.21. The van der Waals surface area contributed by atoms with Gasteiger partial charge < -0.3 is 15.7 Å². The van der Waals surface area contributed by atoms with Gasteiger partial charge in [-0.15, -0.1) is 11.8 Å². The normalized spacial score (nSPS) is 16.3. The highest BCUT2D eigenvalue weighted by molar-refractivity contribution is 8.00. The Labute approximate surface area is 118 Å². The predicted molar refractivity (Wildman–Crippen MR) is 79.3 cm³/mol. The third kappa shape index (κ3) is 4.86. The van der Waals surface area contributed by atoms with Gasteiger partial charge in [-0.2, -0.15) is 0 Å². The van der Waals surface area contributed by atoms with Crippen molar-refractivity contribution in [2.45, 2.75) is 24.7 Å². The summed E-state index contributed by atoms with van der Waals surface area (Å²) in [5.41, 5.74) is 1.63. The molecule has 0 unspecified atom stereocenters. The maximum atomic E-state index is 11.8. The molecular formula is C14H20N2O2S. The highest BCUT2D eigenvalue weighted by Gasteiger charge is 2.14. The van der Waals surface area contributed by atoms with Crippen LogP contribution in [-0.4, -0.2) is 35.1 Å². The molecule has 1 aliphatic rings. The first-order chi connectivity index (χ1) is 9.28. The van der Waals surface area contributed by atoms with Crippen molar-refractivity contribution < 1.29 is 9.90 Å². The first-order valence-corrected chi connectivity index (χ1v) is 7.65. The van der Waals surface area contributed by atoms with Gasteiger partial charge in [0.1, 0.15) is 0 Å². The van der Waals surface area contributed by atoms with E-state index in [2.05, 4.69) is 10.6 Å². The lowest BCUT2D eigenvalue weighted by Crippen LogP contribution is -2.30. The molecule has 0 aliphatic carbocycles. The van der Waals surface area contributed by atoms with Crippen molar-refractivity contribution in [1.29, 1.82) is 0 Å². The van der Waals surface area contributed by atoms with E-state index >= 15 is 0 Å². The molecule has 1 saturated heterocycles. The van der Waals surface area contributed by atoms with Crippen LogP contribution < -0.4 is 10.6 Å². The van der Waals surface area contributed by atoms with Crippen molar-refractivity contribution in [2.24, 2.45) is 0 Å². The van der Waals surface area contributed by atoms with Crippen molar-refractivity contribution >= 4 is 23.4 Å². The van der Waals surface area contributed by atoms with Gasteiger partial charge in [-0.05, 0) is 43.6 Å². The highest BCUT2D eigenvalue weighted by Crippen LogP contribution is 2.20. The number of hydrogen-bond donors (Lipinski definition) is 3. The summed E-state index contributed by atoms with van der Waals surface area (Å²) < 4.78 is 0. The predicted octanol–water partition coefficient (Wildman–Crippen LogP) is 1.60. The van der Waals surface area contributed by atoms with Crippen molar-refractivity contribution in [3.8, 4) is 0 Å². The summed E-state index contributed by atoms with van der Waals surface area (Å²) >= 11 is 1.74. The van der Waals surface area contributed by atoms with Gasteiger partial charge in [-0.1, -0.05) is 12.1 Å². The largest absolute Gasteiger partial charge is 0.392 e. The monoisotopic (exact) mass is 280 g/mol. The fraction of sp³-hybridized carbons (Fsp3) is 0.500. The minimum Gasteiger partial charge on any atom is -0.392 e. The number of aliphatic hydroxyl groups is 1. The van der Waals surface area contributed by atoms with E-state index in [0.29, 0.717) is 11.0 Å². The van der Waals surface area contributed by atoms with Crippen LogP contribution in [0.15, 0.2) is 24.3 Å². The number of anilines is 1. The summed E-state index contributed by atoms with van der Waals surface area (Å²) in [6.45, 7) is 2.14. The second kappa shape index (κ2) is 7.53. The molecule has 3 N–H and O–H groups in total. The molecule has 1 aromatic rings. The van der Waals surface area contributed by atoms with E-state index in [0.717, 1.165) is 37.2 Å². The molecule has 4 nitrogen and oxygen atoms in total. The summed E-state index contributed by atoms with van der Waals surface area (Å²) in [5, 5.41) is 15.7. The van der Waals surface area contributed by atoms with Crippen LogP contribution in [0.3, 0.4) is 0 Å². The first-order valence-electron chi connectivity index (χ1n) is 6.60. The zero-order valence-electron chi connectivity index (χ0n) is 10.9. The molecule has 19 heavy (non-hydrogen) atoms. The smallest absolute Gasteiger partial charge is 0.234 e. The van der Waals surface area contributed by atoms with Crippen LogP contribution in [0.4, 0.5) is 5.69 Å². The van der Waals surface area contributed by atoms with Gasteiger partial charge in [-0.25, -0.2) is 0 Å². The molecule has 0 bridgehead atoms. The zero-order valence-corrected chi connectivity index (χ0v) is 11.7. The third-order valence-electron chi connectivity index (χ3n) is 3.16. The maximum absolute atomic E-state index is 11.8. The average Bonchev–Trinajstić information content (AvgIpc) is 2.47. The molecule has 0 spiro atoms. The van der Waals surface area contributed by atoms with Crippen LogP contribution in [0.25, 0.3) is 0 Å². The van der Waals surface area contributed by atoms with Crippen LogP contribution >= 0.6 is 11.8 Å². The standard InChI is InChI=1S/C14H20N2O2S/c17-9-11-1-3-12(4-2-11)16-14(18)10-19-13-5-7-15-8-6-13/h1-4,13,15,17H,5-10H2,(H,16,18).